The van der Waals surface area contributed by atoms with Crippen LogP contribution in [0.15, 0.2) is 18.2 Å². The Hall–Kier alpha value is -1.86. The van der Waals surface area contributed by atoms with Gasteiger partial charge in [0.05, 0.1) is 18.1 Å². The van der Waals surface area contributed by atoms with Gasteiger partial charge in [-0.05, 0) is 19.9 Å². The van der Waals surface area contributed by atoms with Gasteiger partial charge in [0.1, 0.15) is 5.54 Å². The van der Waals surface area contributed by atoms with Crippen molar-refractivity contribution in [2.24, 2.45) is 5.73 Å². The van der Waals surface area contributed by atoms with Crippen molar-refractivity contribution in [3.05, 3.63) is 33.3 Å². The molecule has 1 aromatic carbocycles. The summed E-state index contributed by atoms with van der Waals surface area (Å²) in [5, 5.41) is 11.2. The van der Waals surface area contributed by atoms with Crippen LogP contribution in [-0.4, -0.2) is 29.6 Å². The summed E-state index contributed by atoms with van der Waals surface area (Å²) < 4.78 is 10.2. The van der Waals surface area contributed by atoms with E-state index in [9.17, 15) is 14.9 Å². The van der Waals surface area contributed by atoms with E-state index in [0.29, 0.717) is 5.02 Å². The zero-order chi connectivity index (χ0) is 16.0. The first-order valence-corrected chi connectivity index (χ1v) is 6.68. The molecule has 0 fully saturated rings. The summed E-state index contributed by atoms with van der Waals surface area (Å²) in [5.74, 6) is -0.513. The Bertz CT molecular complexity index is 533. The molecule has 1 rings (SSSR count). The van der Waals surface area contributed by atoms with E-state index < -0.39 is 16.4 Å². The Kier molecular flexibility index (Phi) is 5.92. The first-order chi connectivity index (χ1) is 9.77. The minimum absolute atomic E-state index is 0.0208. The SMILES string of the molecule is CCOC(=O)C(C)(N)CCOc1cc(Cl)ccc1[N+](=O)[O-]. The maximum Gasteiger partial charge on any atom is 0.325 e. The van der Waals surface area contributed by atoms with E-state index in [4.69, 9.17) is 26.8 Å². The highest BCUT2D eigenvalue weighted by Gasteiger charge is 2.30. The molecule has 0 aliphatic rings. The van der Waals surface area contributed by atoms with Crippen molar-refractivity contribution in [1.82, 2.24) is 0 Å². The van der Waals surface area contributed by atoms with Gasteiger partial charge >= 0.3 is 11.7 Å². The smallest absolute Gasteiger partial charge is 0.325 e. The number of rotatable bonds is 7. The van der Waals surface area contributed by atoms with Gasteiger partial charge in [-0.3, -0.25) is 14.9 Å². The van der Waals surface area contributed by atoms with E-state index in [0.717, 1.165) is 0 Å². The molecule has 2 N–H and O–H groups in total. The highest BCUT2D eigenvalue weighted by atomic mass is 35.5. The fraction of sp³-hybridized carbons (Fsp3) is 0.462. The summed E-state index contributed by atoms with van der Waals surface area (Å²) in [6.45, 7) is 3.44. The van der Waals surface area contributed by atoms with Crippen LogP contribution in [0.3, 0.4) is 0 Å². The highest BCUT2D eigenvalue weighted by molar-refractivity contribution is 6.30. The van der Waals surface area contributed by atoms with Crippen LogP contribution in [0.25, 0.3) is 0 Å². The molecule has 0 radical (unpaired) electrons. The monoisotopic (exact) mass is 316 g/mol. The molecule has 1 aromatic rings. The first kappa shape index (κ1) is 17.2. The molecular formula is C13H17ClN2O5. The largest absolute Gasteiger partial charge is 0.487 e. The standard InChI is InChI=1S/C13H17ClN2O5/c1-3-20-12(17)13(2,15)6-7-21-11-8-9(14)4-5-10(11)16(18)19/h4-5,8H,3,6-7,15H2,1-2H3. The van der Waals surface area contributed by atoms with Crippen molar-refractivity contribution in [2.75, 3.05) is 13.2 Å². The second-order valence-electron chi connectivity index (χ2n) is 4.61. The van der Waals surface area contributed by atoms with Gasteiger partial charge in [0, 0.05) is 23.6 Å². The topological polar surface area (TPSA) is 105 Å². The summed E-state index contributed by atoms with van der Waals surface area (Å²) in [4.78, 5) is 21.9. The number of carbonyl (C=O) groups excluding carboxylic acids is 1. The van der Waals surface area contributed by atoms with Gasteiger partial charge in [0.15, 0.2) is 5.75 Å². The number of benzene rings is 1. The quantitative estimate of drug-likeness (QED) is 0.470. The summed E-state index contributed by atoms with van der Waals surface area (Å²) in [7, 11) is 0. The predicted octanol–water partition coefficient (Wildman–Crippen LogP) is 2.30. The Morgan fingerprint density at radius 1 is 1.52 bits per heavy atom. The molecule has 0 aromatic heterocycles. The third-order valence-corrected chi connectivity index (χ3v) is 2.97. The van der Waals surface area contributed by atoms with Gasteiger partial charge in [-0.15, -0.1) is 0 Å². The van der Waals surface area contributed by atoms with Crippen molar-refractivity contribution in [3.63, 3.8) is 0 Å². The predicted molar refractivity (Wildman–Crippen MR) is 77.4 cm³/mol. The number of nitrogens with zero attached hydrogens (tertiary/aromatic N) is 1. The third-order valence-electron chi connectivity index (χ3n) is 2.74. The van der Waals surface area contributed by atoms with Crippen LogP contribution in [0.5, 0.6) is 5.75 Å². The molecular weight excluding hydrogens is 300 g/mol. The molecule has 0 bridgehead atoms. The number of nitrogens with two attached hydrogens (primary N) is 1. The zero-order valence-corrected chi connectivity index (χ0v) is 12.6. The molecule has 0 saturated heterocycles. The van der Waals surface area contributed by atoms with E-state index in [2.05, 4.69) is 0 Å². The summed E-state index contributed by atoms with van der Waals surface area (Å²) >= 11 is 5.78. The maximum absolute atomic E-state index is 11.6. The van der Waals surface area contributed by atoms with Gasteiger partial charge in [-0.2, -0.15) is 0 Å². The lowest BCUT2D eigenvalue weighted by Crippen LogP contribution is -2.47. The Labute approximate surface area is 127 Å². The van der Waals surface area contributed by atoms with E-state index in [1.165, 1.54) is 25.1 Å². The normalized spacial score (nSPS) is 13.3. The number of carbonyl (C=O) groups is 1. The third kappa shape index (κ3) is 4.87. The fourth-order valence-corrected chi connectivity index (χ4v) is 1.69. The lowest BCUT2D eigenvalue weighted by Gasteiger charge is -2.22. The van der Waals surface area contributed by atoms with E-state index >= 15 is 0 Å². The van der Waals surface area contributed by atoms with Gasteiger partial charge in [-0.25, -0.2) is 0 Å². The molecule has 0 saturated carbocycles. The minimum atomic E-state index is -1.22. The number of esters is 1. The second-order valence-corrected chi connectivity index (χ2v) is 5.04. The van der Waals surface area contributed by atoms with Crippen molar-refractivity contribution >= 4 is 23.3 Å². The van der Waals surface area contributed by atoms with Gasteiger partial charge in [0.2, 0.25) is 0 Å². The van der Waals surface area contributed by atoms with Crippen molar-refractivity contribution in [1.29, 1.82) is 0 Å². The molecule has 116 valence electrons. The van der Waals surface area contributed by atoms with Crippen molar-refractivity contribution in [3.8, 4) is 5.75 Å². The number of nitro groups is 1. The molecule has 0 spiro atoms. The number of ether oxygens (including phenoxy) is 2. The summed E-state index contributed by atoms with van der Waals surface area (Å²) in [6, 6.07) is 4.00. The number of hydrogen-bond donors (Lipinski definition) is 1. The molecule has 7 nitrogen and oxygen atoms in total. The van der Waals surface area contributed by atoms with E-state index in [1.54, 1.807) is 6.92 Å². The van der Waals surface area contributed by atoms with Crippen molar-refractivity contribution in [2.45, 2.75) is 25.8 Å². The van der Waals surface area contributed by atoms with Crippen LogP contribution < -0.4 is 10.5 Å². The zero-order valence-electron chi connectivity index (χ0n) is 11.8. The number of halogens is 1. The van der Waals surface area contributed by atoms with Crippen LogP contribution in [-0.2, 0) is 9.53 Å². The molecule has 0 aliphatic carbocycles. The first-order valence-electron chi connectivity index (χ1n) is 6.30. The maximum atomic E-state index is 11.6. The van der Waals surface area contributed by atoms with Gasteiger partial charge in [0.25, 0.3) is 0 Å². The molecule has 0 amide bonds. The highest BCUT2D eigenvalue weighted by Crippen LogP contribution is 2.30. The lowest BCUT2D eigenvalue weighted by molar-refractivity contribution is -0.385. The fourth-order valence-electron chi connectivity index (χ4n) is 1.53. The Morgan fingerprint density at radius 3 is 2.76 bits per heavy atom. The molecule has 0 heterocycles. The lowest BCUT2D eigenvalue weighted by atomic mass is 10.0. The van der Waals surface area contributed by atoms with Crippen LogP contribution in [0.2, 0.25) is 5.02 Å². The van der Waals surface area contributed by atoms with Gasteiger partial charge < -0.3 is 15.2 Å². The van der Waals surface area contributed by atoms with Crippen LogP contribution >= 0.6 is 11.6 Å². The summed E-state index contributed by atoms with van der Waals surface area (Å²) in [6.07, 6.45) is 0.148. The molecule has 8 heteroatoms. The second kappa shape index (κ2) is 7.24. The van der Waals surface area contributed by atoms with Crippen LogP contribution in [0, 0.1) is 10.1 Å². The van der Waals surface area contributed by atoms with Crippen molar-refractivity contribution < 1.29 is 19.2 Å². The Morgan fingerprint density at radius 2 is 2.19 bits per heavy atom. The van der Waals surface area contributed by atoms with E-state index in [1.807, 2.05) is 0 Å². The molecule has 0 aliphatic heterocycles. The molecule has 1 unspecified atom stereocenters. The average molecular weight is 317 g/mol. The average Bonchev–Trinajstić information content (AvgIpc) is 2.38. The molecule has 21 heavy (non-hydrogen) atoms. The minimum Gasteiger partial charge on any atom is -0.487 e. The summed E-state index contributed by atoms with van der Waals surface area (Å²) in [5.41, 5.74) is 4.41. The van der Waals surface area contributed by atoms with E-state index in [-0.39, 0.29) is 31.1 Å². The van der Waals surface area contributed by atoms with Gasteiger partial charge in [-0.1, -0.05) is 11.6 Å². The molecule has 1 atom stereocenters. The number of hydrogen-bond acceptors (Lipinski definition) is 6. The van der Waals surface area contributed by atoms with Crippen LogP contribution in [0.4, 0.5) is 5.69 Å². The Balaban J connectivity index is 2.70. The number of nitro benzene ring substituents is 1. The van der Waals surface area contributed by atoms with Crippen LogP contribution in [0.1, 0.15) is 20.3 Å².